The smallest absolute Gasteiger partial charge is 0.395 e. The van der Waals surface area contributed by atoms with E-state index in [0.29, 0.717) is 4.57 Å². The van der Waals surface area contributed by atoms with E-state index < -0.39 is 48.9 Å². The SMILES string of the molecule is O=C(Nc1ccn(C2O[C@H](CO)[C@@H](O)C2(F)F)c(=O)n1)c1ccc2c(c1)OC(F)(F)O2. The van der Waals surface area contributed by atoms with Crippen molar-refractivity contribution in [3.63, 3.8) is 0 Å². The summed E-state index contributed by atoms with van der Waals surface area (Å²) in [5.74, 6) is -5.72. The van der Waals surface area contributed by atoms with Crippen molar-refractivity contribution in [3.05, 3.63) is 46.5 Å². The largest absolute Gasteiger partial charge is 0.586 e. The number of fused-ring (bicyclic) bond motifs is 1. The molecule has 0 saturated carbocycles. The zero-order chi connectivity index (χ0) is 22.6. The molecule has 1 fully saturated rings. The lowest BCUT2D eigenvalue weighted by Crippen LogP contribution is -2.41. The monoisotopic (exact) mass is 447 g/mol. The lowest BCUT2D eigenvalue weighted by molar-refractivity contribution is -0.286. The standard InChI is InChI=1S/C17H13F4N3O7/c18-16(19)12(26)10(6-25)29-14(16)24-4-3-11(23-15(24)28)22-13(27)7-1-2-8-9(5-7)31-17(20,21)30-8/h1-5,10,12,14,25-26H,6H2,(H,22,23,27,28)/t10-,12-,14?/m1/s1. The highest BCUT2D eigenvalue weighted by Gasteiger charge is 2.59. The summed E-state index contributed by atoms with van der Waals surface area (Å²) in [6, 6.07) is 4.23. The Bertz CT molecular complexity index is 1090. The van der Waals surface area contributed by atoms with Gasteiger partial charge in [0.25, 0.3) is 5.91 Å². The number of hydrogen-bond acceptors (Lipinski definition) is 8. The fourth-order valence-corrected chi connectivity index (χ4v) is 3.06. The number of rotatable bonds is 4. The van der Waals surface area contributed by atoms with Gasteiger partial charge in [0.05, 0.1) is 6.61 Å². The Balaban J connectivity index is 1.52. The minimum absolute atomic E-state index is 0.134. The third-order valence-corrected chi connectivity index (χ3v) is 4.55. The molecule has 1 aromatic heterocycles. The number of aliphatic hydroxyl groups excluding tert-OH is 2. The van der Waals surface area contributed by atoms with E-state index in [2.05, 4.69) is 19.8 Å². The molecule has 3 N–H and O–H groups in total. The van der Waals surface area contributed by atoms with E-state index in [-0.39, 0.29) is 22.9 Å². The van der Waals surface area contributed by atoms with Crippen LogP contribution in [0.15, 0.2) is 35.3 Å². The number of nitrogens with one attached hydrogen (secondary N) is 1. The predicted octanol–water partition coefficient (Wildman–Crippen LogP) is 0.703. The fraction of sp³-hybridized carbons (Fsp3) is 0.353. The van der Waals surface area contributed by atoms with Crippen LogP contribution in [0, 0.1) is 0 Å². The maximum Gasteiger partial charge on any atom is 0.586 e. The van der Waals surface area contributed by atoms with Crippen molar-refractivity contribution < 1.29 is 46.8 Å². The number of hydrogen-bond donors (Lipinski definition) is 3. The van der Waals surface area contributed by atoms with E-state index in [1.807, 2.05) is 0 Å². The third-order valence-electron chi connectivity index (χ3n) is 4.55. The second kappa shape index (κ2) is 7.18. The minimum Gasteiger partial charge on any atom is -0.395 e. The Kier molecular flexibility index (Phi) is 4.87. The van der Waals surface area contributed by atoms with Gasteiger partial charge >= 0.3 is 17.9 Å². The number of aromatic nitrogens is 2. The van der Waals surface area contributed by atoms with Crippen molar-refractivity contribution in [1.29, 1.82) is 0 Å². The Hall–Kier alpha value is -3.23. The number of carbonyl (C=O) groups excluding carboxylic acids is 1. The highest BCUT2D eigenvalue weighted by molar-refractivity contribution is 6.04. The molecule has 1 saturated heterocycles. The first-order valence-corrected chi connectivity index (χ1v) is 8.64. The second-order valence-corrected chi connectivity index (χ2v) is 6.61. The van der Waals surface area contributed by atoms with Gasteiger partial charge < -0.3 is 29.7 Å². The molecule has 1 amide bonds. The van der Waals surface area contributed by atoms with Crippen LogP contribution in [0.3, 0.4) is 0 Å². The van der Waals surface area contributed by atoms with Crippen molar-refractivity contribution in [3.8, 4) is 11.5 Å². The molecule has 31 heavy (non-hydrogen) atoms. The van der Waals surface area contributed by atoms with Crippen molar-refractivity contribution in [2.45, 2.75) is 30.7 Å². The van der Waals surface area contributed by atoms with Crippen LogP contribution in [-0.4, -0.2) is 56.7 Å². The number of alkyl halides is 4. The normalized spacial score (nSPS) is 25.4. The number of nitrogens with zero attached hydrogens (tertiary/aromatic N) is 2. The zero-order valence-electron chi connectivity index (χ0n) is 15.2. The molecule has 0 radical (unpaired) electrons. The van der Waals surface area contributed by atoms with E-state index in [4.69, 9.17) is 9.84 Å². The van der Waals surface area contributed by atoms with E-state index >= 15 is 0 Å². The van der Waals surface area contributed by atoms with Crippen molar-refractivity contribution in [1.82, 2.24) is 9.55 Å². The first-order chi connectivity index (χ1) is 14.5. The van der Waals surface area contributed by atoms with Gasteiger partial charge in [-0.3, -0.25) is 9.36 Å². The molecule has 0 spiro atoms. The third kappa shape index (κ3) is 3.68. The summed E-state index contributed by atoms with van der Waals surface area (Å²) >= 11 is 0. The van der Waals surface area contributed by atoms with Crippen LogP contribution in [0.1, 0.15) is 16.6 Å². The minimum atomic E-state index is -3.89. The number of carbonyl (C=O) groups is 1. The second-order valence-electron chi connectivity index (χ2n) is 6.61. The van der Waals surface area contributed by atoms with Crippen LogP contribution in [0.25, 0.3) is 0 Å². The lowest BCUT2D eigenvalue weighted by Gasteiger charge is -2.21. The molecule has 2 aliphatic rings. The van der Waals surface area contributed by atoms with Crippen LogP contribution < -0.4 is 20.5 Å². The van der Waals surface area contributed by atoms with Gasteiger partial charge in [-0.15, -0.1) is 8.78 Å². The van der Waals surface area contributed by atoms with Gasteiger partial charge in [0.1, 0.15) is 11.9 Å². The summed E-state index contributed by atoms with van der Waals surface area (Å²) in [5.41, 5.74) is -1.37. The number of anilines is 1. The predicted molar refractivity (Wildman–Crippen MR) is 91.0 cm³/mol. The first kappa shape index (κ1) is 21.0. The average molecular weight is 447 g/mol. The highest BCUT2D eigenvalue weighted by Crippen LogP contribution is 2.42. The number of halogens is 4. The van der Waals surface area contributed by atoms with Gasteiger partial charge in [0, 0.05) is 11.8 Å². The molecule has 10 nitrogen and oxygen atoms in total. The molecular formula is C17H13F4N3O7. The molecule has 0 bridgehead atoms. The van der Waals surface area contributed by atoms with Crippen LogP contribution in [0.2, 0.25) is 0 Å². The van der Waals surface area contributed by atoms with E-state index in [1.54, 1.807) is 0 Å². The Labute approximate surface area is 169 Å². The fourth-order valence-electron chi connectivity index (χ4n) is 3.06. The van der Waals surface area contributed by atoms with Crippen molar-refractivity contribution >= 4 is 11.7 Å². The van der Waals surface area contributed by atoms with E-state index in [9.17, 15) is 32.3 Å². The summed E-state index contributed by atoms with van der Waals surface area (Å²) < 4.78 is 68.2. The summed E-state index contributed by atoms with van der Waals surface area (Å²) in [7, 11) is 0. The molecular weight excluding hydrogens is 434 g/mol. The van der Waals surface area contributed by atoms with E-state index in [0.717, 1.165) is 30.5 Å². The van der Waals surface area contributed by atoms with Crippen LogP contribution in [0.5, 0.6) is 11.5 Å². The molecule has 3 atom stereocenters. The molecule has 166 valence electrons. The number of amides is 1. The van der Waals surface area contributed by atoms with Gasteiger partial charge in [-0.05, 0) is 24.3 Å². The summed E-state index contributed by atoms with van der Waals surface area (Å²) in [6.45, 7) is -0.898. The van der Waals surface area contributed by atoms with Crippen LogP contribution >= 0.6 is 0 Å². The van der Waals surface area contributed by atoms with Gasteiger partial charge in [0.15, 0.2) is 17.6 Å². The van der Waals surface area contributed by atoms with Gasteiger partial charge in [0.2, 0.25) is 6.23 Å². The molecule has 0 aliphatic carbocycles. The van der Waals surface area contributed by atoms with Crippen LogP contribution in [0.4, 0.5) is 23.4 Å². The molecule has 4 rings (SSSR count). The van der Waals surface area contributed by atoms with Gasteiger partial charge in [-0.2, -0.15) is 13.8 Å². The molecule has 1 aromatic carbocycles. The lowest BCUT2D eigenvalue weighted by atomic mass is 10.1. The summed E-state index contributed by atoms with van der Waals surface area (Å²) in [5, 5.41) is 20.8. The topological polar surface area (TPSA) is 132 Å². The maximum absolute atomic E-state index is 14.2. The summed E-state index contributed by atoms with van der Waals surface area (Å²) in [6.07, 6.45) is -9.18. The average Bonchev–Trinajstić information content (AvgIpc) is 3.13. The van der Waals surface area contributed by atoms with Crippen LogP contribution in [-0.2, 0) is 4.74 Å². The Morgan fingerprint density at radius 1 is 1.19 bits per heavy atom. The quantitative estimate of drug-likeness (QED) is 0.584. The van der Waals surface area contributed by atoms with Crippen molar-refractivity contribution in [2.75, 3.05) is 11.9 Å². The number of ether oxygens (including phenoxy) is 3. The molecule has 1 unspecified atom stereocenters. The van der Waals surface area contributed by atoms with Gasteiger partial charge in [-0.1, -0.05) is 0 Å². The Morgan fingerprint density at radius 3 is 2.55 bits per heavy atom. The van der Waals surface area contributed by atoms with Gasteiger partial charge in [-0.25, -0.2) is 4.79 Å². The molecule has 14 heteroatoms. The number of benzene rings is 1. The number of aliphatic hydroxyl groups is 2. The van der Waals surface area contributed by atoms with E-state index in [1.165, 1.54) is 0 Å². The molecule has 2 aromatic rings. The Morgan fingerprint density at radius 2 is 1.90 bits per heavy atom. The first-order valence-electron chi connectivity index (χ1n) is 8.64. The summed E-state index contributed by atoms with van der Waals surface area (Å²) in [4.78, 5) is 28.0. The highest BCUT2D eigenvalue weighted by atomic mass is 19.3. The maximum atomic E-state index is 14.2. The zero-order valence-corrected chi connectivity index (χ0v) is 15.2. The molecule has 2 aliphatic heterocycles. The van der Waals surface area contributed by atoms with Crippen molar-refractivity contribution in [2.24, 2.45) is 0 Å². The molecule has 3 heterocycles.